The van der Waals surface area contributed by atoms with Gasteiger partial charge in [0.25, 0.3) is 15.9 Å². The molecular weight excluding hydrogens is 633 g/mol. The summed E-state index contributed by atoms with van der Waals surface area (Å²) in [5.41, 5.74) is 1.52. The number of anilines is 1. The van der Waals surface area contributed by atoms with Crippen LogP contribution in [0, 0.1) is 32.1 Å². The van der Waals surface area contributed by atoms with Crippen LogP contribution in [0.3, 0.4) is 0 Å². The molecule has 1 amide bonds. The number of fused-ring (bicyclic) bond motifs is 4. The maximum Gasteiger partial charge on any atom is 0.394 e. The van der Waals surface area contributed by atoms with Gasteiger partial charge in [-0.3, -0.25) is 4.79 Å². The first-order valence-electron chi connectivity index (χ1n) is 15.9. The molecular formula is C34H39F3N4O5S. The van der Waals surface area contributed by atoms with Crippen molar-refractivity contribution in [2.75, 3.05) is 17.9 Å². The summed E-state index contributed by atoms with van der Waals surface area (Å²) in [6, 6.07) is 9.76. The van der Waals surface area contributed by atoms with Crippen molar-refractivity contribution in [1.82, 2.24) is 14.9 Å². The Bertz CT molecular complexity index is 1770. The van der Waals surface area contributed by atoms with Gasteiger partial charge < -0.3 is 14.7 Å². The SMILES string of the molecule is Cc1cccc(C)c1-c1nc2nc(c1C)OC[C@@H](CC1(C(F)(F)F)CC1)N(C1CCC(CO)CC1)C(=O)c1cccc(c1)S(=O)(=O)N2. The van der Waals surface area contributed by atoms with Crippen molar-refractivity contribution in [3.63, 3.8) is 0 Å². The molecule has 47 heavy (non-hydrogen) atoms. The summed E-state index contributed by atoms with van der Waals surface area (Å²) in [4.78, 5) is 24.7. The molecule has 1 aromatic heterocycles. The van der Waals surface area contributed by atoms with E-state index < -0.39 is 39.6 Å². The summed E-state index contributed by atoms with van der Waals surface area (Å²) < 4.78 is 79.4. The Morgan fingerprint density at radius 1 is 1.02 bits per heavy atom. The number of sulfonamides is 1. The third-order valence-corrected chi connectivity index (χ3v) is 11.4. The lowest BCUT2D eigenvalue weighted by Gasteiger charge is -2.42. The summed E-state index contributed by atoms with van der Waals surface area (Å²) in [6.07, 6.45) is -2.74. The number of aliphatic hydroxyl groups is 1. The Labute approximate surface area is 272 Å². The lowest BCUT2D eigenvalue weighted by Crippen LogP contribution is -2.52. The number of nitrogens with zero attached hydrogens (tertiary/aromatic N) is 3. The average Bonchev–Trinajstić information content (AvgIpc) is 3.82. The first-order valence-corrected chi connectivity index (χ1v) is 17.4. The highest BCUT2D eigenvalue weighted by atomic mass is 32.2. The van der Waals surface area contributed by atoms with E-state index in [1.165, 1.54) is 29.2 Å². The minimum Gasteiger partial charge on any atom is -0.475 e. The van der Waals surface area contributed by atoms with Gasteiger partial charge in [-0.1, -0.05) is 24.3 Å². The Morgan fingerprint density at radius 3 is 2.30 bits per heavy atom. The molecule has 6 rings (SSSR count). The van der Waals surface area contributed by atoms with Crippen LogP contribution >= 0.6 is 0 Å². The van der Waals surface area contributed by atoms with E-state index >= 15 is 0 Å². The third kappa shape index (κ3) is 6.43. The number of aliphatic hydroxyl groups excluding tert-OH is 1. The molecule has 3 aromatic rings. The van der Waals surface area contributed by atoms with Gasteiger partial charge in [-0.15, -0.1) is 0 Å². The lowest BCUT2D eigenvalue weighted by molar-refractivity contribution is -0.193. The quantitative estimate of drug-likeness (QED) is 0.324. The van der Waals surface area contributed by atoms with Crippen molar-refractivity contribution in [3.8, 4) is 17.1 Å². The number of aryl methyl sites for hydroxylation is 2. The second kappa shape index (κ2) is 12.4. The normalized spacial score (nSPS) is 23.9. The molecule has 1 atom stereocenters. The van der Waals surface area contributed by atoms with Crippen LogP contribution < -0.4 is 9.46 Å². The van der Waals surface area contributed by atoms with Gasteiger partial charge >= 0.3 is 6.18 Å². The molecule has 13 heteroatoms. The van der Waals surface area contributed by atoms with E-state index in [1.54, 1.807) is 6.92 Å². The van der Waals surface area contributed by atoms with Gasteiger partial charge in [0.1, 0.15) is 6.61 Å². The number of alkyl halides is 3. The van der Waals surface area contributed by atoms with Gasteiger partial charge in [0.2, 0.25) is 11.8 Å². The number of nitrogens with one attached hydrogen (secondary N) is 1. The van der Waals surface area contributed by atoms with Gasteiger partial charge in [0.05, 0.1) is 22.0 Å². The fourth-order valence-corrected chi connectivity index (χ4v) is 8.08. The van der Waals surface area contributed by atoms with E-state index in [-0.39, 0.29) is 60.7 Å². The highest BCUT2D eigenvalue weighted by Gasteiger charge is 2.64. The second-order valence-electron chi connectivity index (χ2n) is 13.2. The van der Waals surface area contributed by atoms with Crippen LogP contribution in [0.5, 0.6) is 5.88 Å². The largest absolute Gasteiger partial charge is 0.475 e. The number of amides is 1. The number of halogens is 3. The molecule has 2 aromatic carbocycles. The van der Waals surface area contributed by atoms with Crippen LogP contribution in [-0.4, -0.2) is 65.8 Å². The smallest absolute Gasteiger partial charge is 0.394 e. The standard InChI is InChI=1S/C34H39F3N4O5S/c1-20-6-4-7-21(2)28(20)29-22(3)30-39-32(38-29)40-47(44,45)27-9-5-8-24(16-27)31(43)41(25-12-10-23(18-42)11-13-25)26(19-46-30)17-33(14-15-33)34(35,36)37/h4-9,16,23,25-26,42H,10-15,17-19H2,1-3H3,(H,38,39,40)/t23?,25?,26-/m1/s1. The van der Waals surface area contributed by atoms with Crippen molar-refractivity contribution in [3.05, 3.63) is 64.7 Å². The predicted molar refractivity (Wildman–Crippen MR) is 170 cm³/mol. The Kier molecular flexibility index (Phi) is 8.75. The number of carbonyl (C=O) groups is 1. The minimum atomic E-state index is -4.47. The highest BCUT2D eigenvalue weighted by Crippen LogP contribution is 2.61. The molecule has 9 nitrogen and oxygen atoms in total. The summed E-state index contributed by atoms with van der Waals surface area (Å²) >= 11 is 0. The molecule has 0 unspecified atom stereocenters. The molecule has 1 aliphatic heterocycles. The van der Waals surface area contributed by atoms with E-state index in [4.69, 9.17) is 4.74 Å². The van der Waals surface area contributed by atoms with Crippen molar-refractivity contribution in [1.29, 1.82) is 0 Å². The van der Waals surface area contributed by atoms with Gasteiger partial charge in [-0.25, -0.2) is 18.1 Å². The maximum absolute atomic E-state index is 14.5. The molecule has 2 aliphatic carbocycles. The molecule has 252 valence electrons. The van der Waals surface area contributed by atoms with E-state index in [0.717, 1.165) is 16.7 Å². The molecule has 4 bridgehead atoms. The molecule has 0 saturated heterocycles. The fraction of sp³-hybridized carbons (Fsp3) is 0.500. The number of aromatic nitrogens is 2. The number of carbonyl (C=O) groups excluding carboxylic acids is 1. The number of hydrogen-bond donors (Lipinski definition) is 2. The van der Waals surface area contributed by atoms with Crippen LogP contribution in [0.1, 0.15) is 72.0 Å². The van der Waals surface area contributed by atoms with Crippen molar-refractivity contribution < 1.29 is 36.2 Å². The fourth-order valence-electron chi connectivity index (χ4n) is 7.09. The van der Waals surface area contributed by atoms with Gasteiger partial charge in [-0.2, -0.15) is 18.2 Å². The van der Waals surface area contributed by atoms with E-state index in [1.807, 2.05) is 32.0 Å². The first-order chi connectivity index (χ1) is 22.2. The average molecular weight is 673 g/mol. The van der Waals surface area contributed by atoms with Crippen molar-refractivity contribution in [2.24, 2.45) is 11.3 Å². The number of benzene rings is 2. The van der Waals surface area contributed by atoms with Crippen LogP contribution in [-0.2, 0) is 10.0 Å². The predicted octanol–water partition coefficient (Wildman–Crippen LogP) is 6.36. The zero-order chi connectivity index (χ0) is 33.7. The van der Waals surface area contributed by atoms with E-state index in [2.05, 4.69) is 14.7 Å². The Balaban J connectivity index is 1.52. The Hall–Kier alpha value is -3.71. The molecule has 0 spiro atoms. The van der Waals surface area contributed by atoms with Crippen LogP contribution in [0.4, 0.5) is 19.1 Å². The van der Waals surface area contributed by atoms with Crippen LogP contribution in [0.15, 0.2) is 47.4 Å². The van der Waals surface area contributed by atoms with E-state index in [0.29, 0.717) is 36.9 Å². The van der Waals surface area contributed by atoms with Gasteiger partial charge in [-0.05, 0) is 101 Å². The second-order valence-corrected chi connectivity index (χ2v) is 14.9. The van der Waals surface area contributed by atoms with E-state index in [9.17, 15) is 31.5 Å². The molecule has 2 N–H and O–H groups in total. The molecule has 2 heterocycles. The monoisotopic (exact) mass is 672 g/mol. The molecule has 2 fully saturated rings. The van der Waals surface area contributed by atoms with Crippen molar-refractivity contribution in [2.45, 2.75) is 88.9 Å². The Morgan fingerprint density at radius 2 is 1.68 bits per heavy atom. The lowest BCUT2D eigenvalue weighted by atomic mass is 9.84. The third-order valence-electron chi connectivity index (χ3n) is 10.0. The summed E-state index contributed by atoms with van der Waals surface area (Å²) in [5.74, 6) is -0.767. The number of ether oxygens (including phenoxy) is 1. The topological polar surface area (TPSA) is 122 Å². The number of rotatable bonds is 5. The highest BCUT2D eigenvalue weighted by molar-refractivity contribution is 7.92. The first kappa shape index (κ1) is 33.2. The van der Waals surface area contributed by atoms with Crippen LogP contribution in [0.2, 0.25) is 0 Å². The molecule has 2 saturated carbocycles. The summed E-state index contributed by atoms with van der Waals surface area (Å²) in [5, 5.41) is 9.75. The zero-order valence-electron chi connectivity index (χ0n) is 26.6. The molecule has 0 radical (unpaired) electrons. The number of hydrogen-bond acceptors (Lipinski definition) is 7. The van der Waals surface area contributed by atoms with Gasteiger partial charge in [0, 0.05) is 29.3 Å². The van der Waals surface area contributed by atoms with Gasteiger partial charge in [0.15, 0.2) is 0 Å². The maximum atomic E-state index is 14.5. The molecule has 3 aliphatic rings. The van der Waals surface area contributed by atoms with Crippen LogP contribution in [0.25, 0.3) is 11.3 Å². The minimum absolute atomic E-state index is 0.00465. The summed E-state index contributed by atoms with van der Waals surface area (Å²) in [7, 11) is -4.30. The summed E-state index contributed by atoms with van der Waals surface area (Å²) in [6.45, 7) is 5.23. The zero-order valence-corrected chi connectivity index (χ0v) is 27.4. The van der Waals surface area contributed by atoms with Crippen molar-refractivity contribution >= 4 is 21.9 Å².